The normalized spacial score (nSPS) is 26.9. The highest BCUT2D eigenvalue weighted by atomic mass is 16.5. The van der Waals surface area contributed by atoms with E-state index in [0.29, 0.717) is 24.3 Å². The lowest BCUT2D eigenvalue weighted by Gasteiger charge is -2.27. The van der Waals surface area contributed by atoms with Crippen LogP contribution in [0.1, 0.15) is 43.7 Å². The highest BCUT2D eigenvalue weighted by Crippen LogP contribution is 2.37. The van der Waals surface area contributed by atoms with Gasteiger partial charge in [-0.25, -0.2) is 0 Å². The first-order chi connectivity index (χ1) is 16.1. The molecule has 3 fully saturated rings. The van der Waals surface area contributed by atoms with E-state index in [0.717, 1.165) is 61.4 Å². The summed E-state index contributed by atoms with van der Waals surface area (Å²) in [6, 6.07) is 6.30. The van der Waals surface area contributed by atoms with Gasteiger partial charge >= 0.3 is 0 Å². The van der Waals surface area contributed by atoms with Crippen LogP contribution >= 0.6 is 0 Å². The Morgan fingerprint density at radius 3 is 2.64 bits per heavy atom. The minimum absolute atomic E-state index is 0.0885. The highest BCUT2D eigenvalue weighted by molar-refractivity contribution is 5.66. The van der Waals surface area contributed by atoms with Crippen molar-refractivity contribution in [3.05, 3.63) is 36.2 Å². The average molecular weight is 451 g/mol. The Morgan fingerprint density at radius 1 is 1.12 bits per heavy atom. The second kappa shape index (κ2) is 8.14. The van der Waals surface area contributed by atoms with Crippen LogP contribution in [-0.4, -0.2) is 66.7 Å². The summed E-state index contributed by atoms with van der Waals surface area (Å²) < 4.78 is 9.31. The van der Waals surface area contributed by atoms with Crippen molar-refractivity contribution in [1.82, 2.24) is 24.5 Å². The molecule has 2 saturated heterocycles. The van der Waals surface area contributed by atoms with E-state index in [9.17, 15) is 10.2 Å². The molecular formula is C24H30N6O3. The molecule has 1 saturated carbocycles. The quantitative estimate of drug-likeness (QED) is 0.616. The fraction of sp³-hybridized carbons (Fsp3) is 0.542. The van der Waals surface area contributed by atoms with Gasteiger partial charge in [0.2, 0.25) is 5.88 Å². The third kappa shape index (κ3) is 3.69. The van der Waals surface area contributed by atoms with Gasteiger partial charge in [0.1, 0.15) is 11.4 Å². The molecular weight excluding hydrogens is 420 g/mol. The Labute approximate surface area is 192 Å². The van der Waals surface area contributed by atoms with Crippen LogP contribution in [0.4, 0.5) is 5.82 Å². The minimum Gasteiger partial charge on any atom is -0.493 e. The number of ether oxygens (including phenoxy) is 1. The van der Waals surface area contributed by atoms with Gasteiger partial charge in [-0.3, -0.25) is 9.67 Å². The van der Waals surface area contributed by atoms with Crippen molar-refractivity contribution in [2.75, 3.05) is 24.7 Å². The Kier molecular flexibility index (Phi) is 5.10. The number of aliphatic hydroxyl groups excluding tert-OH is 1. The summed E-state index contributed by atoms with van der Waals surface area (Å²) in [5.74, 6) is 1.24. The van der Waals surface area contributed by atoms with E-state index < -0.39 is 0 Å². The zero-order valence-electron chi connectivity index (χ0n) is 18.8. The topological polar surface area (TPSA) is 101 Å². The molecule has 9 nitrogen and oxygen atoms in total. The van der Waals surface area contributed by atoms with Crippen molar-refractivity contribution in [3.63, 3.8) is 0 Å². The molecule has 0 unspecified atom stereocenters. The summed E-state index contributed by atoms with van der Waals surface area (Å²) in [6.45, 7) is 3.78. The smallest absolute Gasteiger partial charge is 0.216 e. The molecule has 3 aromatic heterocycles. The Bertz CT molecular complexity index is 1130. The summed E-state index contributed by atoms with van der Waals surface area (Å²) >= 11 is 0. The van der Waals surface area contributed by atoms with Crippen molar-refractivity contribution < 1.29 is 14.9 Å². The van der Waals surface area contributed by atoms with Gasteiger partial charge in [-0.2, -0.15) is 9.78 Å². The fourth-order valence-electron chi connectivity index (χ4n) is 5.46. The standard InChI is InChI=1S/C24H30N6O3/c1-15-2-7-20(25-10-15)24-21(12-29(27-24)17-5-3-16(13-31)4-6-17)30-23(32)9-22(26-30)28-11-19-8-18(28)14-33-19/h2,7,9-10,12,16-19,31-32H,3-6,8,11,13-14H2,1H3/t16?,17?,18-,19-/m1/s1. The van der Waals surface area contributed by atoms with Gasteiger partial charge in [0.05, 0.1) is 36.7 Å². The molecule has 6 rings (SSSR count). The maximum absolute atomic E-state index is 10.9. The highest BCUT2D eigenvalue weighted by Gasteiger charge is 2.40. The van der Waals surface area contributed by atoms with E-state index >= 15 is 0 Å². The number of hydrogen-bond acceptors (Lipinski definition) is 7. The van der Waals surface area contributed by atoms with E-state index in [1.807, 2.05) is 36.1 Å². The molecule has 9 heteroatoms. The number of anilines is 1. The number of aromatic hydroxyl groups is 1. The van der Waals surface area contributed by atoms with Crippen molar-refractivity contribution in [2.45, 2.75) is 57.2 Å². The number of nitrogens with zero attached hydrogens (tertiary/aromatic N) is 6. The Balaban J connectivity index is 1.38. The van der Waals surface area contributed by atoms with E-state index in [-0.39, 0.29) is 24.6 Å². The third-order valence-corrected chi connectivity index (χ3v) is 7.42. The number of fused-ring (bicyclic) bond motifs is 2. The lowest BCUT2D eigenvalue weighted by atomic mass is 9.87. The molecule has 3 aromatic rings. The predicted octanol–water partition coefficient (Wildman–Crippen LogP) is 2.85. The first kappa shape index (κ1) is 20.7. The fourth-order valence-corrected chi connectivity index (χ4v) is 5.46. The molecule has 0 amide bonds. The molecule has 2 aliphatic heterocycles. The van der Waals surface area contributed by atoms with Gasteiger partial charge in [-0.1, -0.05) is 6.07 Å². The van der Waals surface area contributed by atoms with Crippen LogP contribution in [-0.2, 0) is 4.74 Å². The summed E-state index contributed by atoms with van der Waals surface area (Å²) in [5.41, 5.74) is 3.26. The van der Waals surface area contributed by atoms with Crippen LogP contribution in [0.3, 0.4) is 0 Å². The predicted molar refractivity (Wildman–Crippen MR) is 123 cm³/mol. The number of morpholine rings is 1. The second-order valence-corrected chi connectivity index (χ2v) is 9.69. The van der Waals surface area contributed by atoms with Gasteiger partial charge in [-0.05, 0) is 56.6 Å². The lowest BCUT2D eigenvalue weighted by Crippen LogP contribution is -2.37. The van der Waals surface area contributed by atoms with Gasteiger partial charge in [0, 0.05) is 25.4 Å². The second-order valence-electron chi connectivity index (χ2n) is 9.69. The SMILES string of the molecule is Cc1ccc(-c2nn(C3CCC(CO)CC3)cc2-n2nc(N3C[C@H]4C[C@@H]3CO4)cc2O)nc1. The molecule has 33 heavy (non-hydrogen) atoms. The lowest BCUT2D eigenvalue weighted by molar-refractivity contribution is 0.0988. The Morgan fingerprint density at radius 2 is 1.97 bits per heavy atom. The summed E-state index contributed by atoms with van der Waals surface area (Å²) in [5, 5.41) is 30.1. The van der Waals surface area contributed by atoms with Crippen LogP contribution in [0.2, 0.25) is 0 Å². The maximum Gasteiger partial charge on any atom is 0.216 e. The van der Waals surface area contributed by atoms with Crippen molar-refractivity contribution >= 4 is 5.82 Å². The zero-order chi connectivity index (χ0) is 22.5. The van der Waals surface area contributed by atoms with Crippen LogP contribution in [0.5, 0.6) is 5.88 Å². The first-order valence-corrected chi connectivity index (χ1v) is 11.9. The van der Waals surface area contributed by atoms with Crippen molar-refractivity contribution in [2.24, 2.45) is 5.92 Å². The monoisotopic (exact) mass is 450 g/mol. The molecule has 1 aliphatic carbocycles. The van der Waals surface area contributed by atoms with E-state index in [4.69, 9.17) is 14.9 Å². The molecule has 0 radical (unpaired) electrons. The molecule has 174 valence electrons. The van der Waals surface area contributed by atoms with Crippen LogP contribution in [0, 0.1) is 12.8 Å². The molecule has 2 bridgehead atoms. The molecule has 0 spiro atoms. The minimum atomic E-state index is 0.0885. The summed E-state index contributed by atoms with van der Waals surface area (Å²) in [7, 11) is 0. The average Bonchev–Trinajstić information content (AvgIpc) is 3.63. The van der Waals surface area contributed by atoms with Gasteiger partial charge in [0.15, 0.2) is 5.82 Å². The number of hydrogen-bond donors (Lipinski definition) is 2. The molecule has 2 atom stereocenters. The van der Waals surface area contributed by atoms with Crippen molar-refractivity contribution in [3.8, 4) is 23.0 Å². The number of aryl methyl sites for hydroxylation is 1. The van der Waals surface area contributed by atoms with E-state index in [1.54, 1.807) is 10.7 Å². The molecule has 2 N–H and O–H groups in total. The van der Waals surface area contributed by atoms with Gasteiger partial charge in [-0.15, -0.1) is 5.10 Å². The van der Waals surface area contributed by atoms with Crippen LogP contribution in [0.15, 0.2) is 30.6 Å². The van der Waals surface area contributed by atoms with Gasteiger partial charge in [0.25, 0.3) is 0 Å². The Hall–Kier alpha value is -2.91. The van der Waals surface area contributed by atoms with Crippen molar-refractivity contribution in [1.29, 1.82) is 0 Å². The zero-order valence-corrected chi connectivity index (χ0v) is 18.8. The van der Waals surface area contributed by atoms with Gasteiger partial charge < -0.3 is 19.8 Å². The molecule has 3 aliphatic rings. The molecule has 5 heterocycles. The van der Waals surface area contributed by atoms with E-state index in [2.05, 4.69) is 9.88 Å². The number of aliphatic hydroxyl groups is 1. The summed E-state index contributed by atoms with van der Waals surface area (Å²) in [6.07, 6.45) is 9.01. The van der Waals surface area contributed by atoms with Crippen LogP contribution < -0.4 is 4.90 Å². The summed E-state index contributed by atoms with van der Waals surface area (Å²) in [4.78, 5) is 6.84. The number of rotatable bonds is 5. The maximum atomic E-state index is 10.9. The number of pyridine rings is 1. The largest absolute Gasteiger partial charge is 0.493 e. The third-order valence-electron chi connectivity index (χ3n) is 7.42. The number of aromatic nitrogens is 5. The first-order valence-electron chi connectivity index (χ1n) is 11.9. The van der Waals surface area contributed by atoms with E-state index in [1.165, 1.54) is 0 Å². The molecule has 0 aromatic carbocycles. The van der Waals surface area contributed by atoms with Crippen LogP contribution in [0.25, 0.3) is 17.1 Å².